The first kappa shape index (κ1) is 20.0. The first-order chi connectivity index (χ1) is 12.3. The summed E-state index contributed by atoms with van der Waals surface area (Å²) in [6.07, 6.45) is 0.791. The fourth-order valence-electron chi connectivity index (χ4n) is 2.44. The normalized spacial score (nSPS) is 13.4. The van der Waals surface area contributed by atoms with Crippen LogP contribution < -0.4 is 10.9 Å². The molecule has 1 N–H and O–H groups in total. The van der Waals surface area contributed by atoms with Crippen molar-refractivity contribution in [1.29, 1.82) is 5.26 Å². The van der Waals surface area contributed by atoms with Crippen LogP contribution in [0.15, 0.2) is 34.2 Å². The molecule has 7 heteroatoms. The van der Waals surface area contributed by atoms with Crippen molar-refractivity contribution in [1.82, 2.24) is 14.9 Å². The number of amides is 1. The Balaban J connectivity index is 2.25. The second-order valence-electron chi connectivity index (χ2n) is 6.67. The van der Waals surface area contributed by atoms with Gasteiger partial charge in [0.05, 0.1) is 22.7 Å². The summed E-state index contributed by atoms with van der Waals surface area (Å²) < 4.78 is 1.62. The number of rotatable bonds is 7. The first-order valence-corrected chi connectivity index (χ1v) is 9.65. The summed E-state index contributed by atoms with van der Waals surface area (Å²) in [6.45, 7) is 8.02. The van der Waals surface area contributed by atoms with E-state index < -0.39 is 5.54 Å². The number of hydrogen-bond acceptors (Lipinski definition) is 5. The van der Waals surface area contributed by atoms with Crippen LogP contribution >= 0.6 is 11.8 Å². The third kappa shape index (κ3) is 4.25. The van der Waals surface area contributed by atoms with Crippen molar-refractivity contribution in [3.8, 4) is 6.07 Å². The number of fused-ring (bicyclic) bond motifs is 1. The van der Waals surface area contributed by atoms with Crippen LogP contribution in [0.25, 0.3) is 10.9 Å². The zero-order valence-corrected chi connectivity index (χ0v) is 16.4. The van der Waals surface area contributed by atoms with Crippen molar-refractivity contribution in [2.75, 3.05) is 5.75 Å². The summed E-state index contributed by atoms with van der Waals surface area (Å²) >= 11 is 1.22. The number of nitrogens with zero attached hydrogens (tertiary/aromatic N) is 3. The highest BCUT2D eigenvalue weighted by Gasteiger charge is 2.30. The summed E-state index contributed by atoms with van der Waals surface area (Å²) in [5, 5.41) is 13.2. The van der Waals surface area contributed by atoms with Gasteiger partial charge in [-0.1, -0.05) is 44.7 Å². The predicted octanol–water partition coefficient (Wildman–Crippen LogP) is 2.95. The van der Waals surface area contributed by atoms with Gasteiger partial charge in [-0.3, -0.25) is 14.2 Å². The highest BCUT2D eigenvalue weighted by atomic mass is 32.2. The van der Waals surface area contributed by atoms with Crippen molar-refractivity contribution >= 4 is 28.6 Å². The smallest absolute Gasteiger partial charge is 0.262 e. The van der Waals surface area contributed by atoms with E-state index in [9.17, 15) is 14.9 Å². The minimum Gasteiger partial charge on any atom is -0.337 e. The largest absolute Gasteiger partial charge is 0.337 e. The second kappa shape index (κ2) is 8.37. The van der Waals surface area contributed by atoms with E-state index in [0.717, 1.165) is 6.42 Å². The lowest BCUT2D eigenvalue weighted by Gasteiger charge is -2.27. The lowest BCUT2D eigenvalue weighted by atomic mass is 9.90. The molecule has 1 atom stereocenters. The molecule has 1 amide bonds. The van der Waals surface area contributed by atoms with Crippen LogP contribution in [-0.2, 0) is 11.3 Å². The lowest BCUT2D eigenvalue weighted by molar-refractivity contribution is -0.120. The molecule has 1 aromatic carbocycles. The van der Waals surface area contributed by atoms with Gasteiger partial charge < -0.3 is 5.32 Å². The van der Waals surface area contributed by atoms with Gasteiger partial charge in [0.1, 0.15) is 5.54 Å². The molecule has 1 aromatic heterocycles. The molecular weight excluding hydrogens is 348 g/mol. The van der Waals surface area contributed by atoms with Crippen molar-refractivity contribution < 1.29 is 4.79 Å². The van der Waals surface area contributed by atoms with Crippen molar-refractivity contribution in [3.05, 3.63) is 34.6 Å². The number of para-hydroxylation sites is 1. The third-order valence-electron chi connectivity index (χ3n) is 4.39. The topological polar surface area (TPSA) is 87.8 Å². The number of carbonyl (C=O) groups is 1. The molecule has 2 aromatic rings. The van der Waals surface area contributed by atoms with Crippen LogP contribution in [0.4, 0.5) is 0 Å². The maximum atomic E-state index is 12.7. The second-order valence-corrected chi connectivity index (χ2v) is 7.62. The van der Waals surface area contributed by atoms with Gasteiger partial charge in [0.15, 0.2) is 5.16 Å². The molecule has 0 saturated carbocycles. The summed E-state index contributed by atoms with van der Waals surface area (Å²) in [5.74, 6) is -0.171. The number of benzene rings is 1. The van der Waals surface area contributed by atoms with Gasteiger partial charge in [-0.2, -0.15) is 5.26 Å². The maximum absolute atomic E-state index is 12.7. The number of thioether (sulfide) groups is 1. The van der Waals surface area contributed by atoms with Gasteiger partial charge in [0, 0.05) is 6.54 Å². The van der Waals surface area contributed by atoms with Gasteiger partial charge in [-0.05, 0) is 31.4 Å². The Hall–Kier alpha value is -2.33. The van der Waals surface area contributed by atoms with Crippen LogP contribution in [0.5, 0.6) is 0 Å². The Labute approximate surface area is 157 Å². The Bertz CT molecular complexity index is 901. The number of hydrogen-bond donors (Lipinski definition) is 1. The zero-order valence-electron chi connectivity index (χ0n) is 15.6. The molecular formula is C19H24N4O2S. The van der Waals surface area contributed by atoms with Gasteiger partial charge in [0.2, 0.25) is 5.91 Å². The van der Waals surface area contributed by atoms with Crippen LogP contribution in [0.2, 0.25) is 0 Å². The summed E-state index contributed by atoms with van der Waals surface area (Å²) in [6, 6.07) is 9.37. The molecule has 0 saturated heterocycles. The highest BCUT2D eigenvalue weighted by Crippen LogP contribution is 2.20. The van der Waals surface area contributed by atoms with Gasteiger partial charge in [-0.15, -0.1) is 0 Å². The summed E-state index contributed by atoms with van der Waals surface area (Å²) in [5.41, 5.74) is -0.390. The van der Waals surface area contributed by atoms with E-state index in [2.05, 4.69) is 16.4 Å². The number of carbonyl (C=O) groups excluding carboxylic acids is 1. The summed E-state index contributed by atoms with van der Waals surface area (Å²) in [7, 11) is 0. The lowest BCUT2D eigenvalue weighted by Crippen LogP contribution is -2.49. The number of aromatic nitrogens is 2. The van der Waals surface area contributed by atoms with Crippen LogP contribution in [-0.4, -0.2) is 26.8 Å². The van der Waals surface area contributed by atoms with E-state index in [-0.39, 0.29) is 23.1 Å². The van der Waals surface area contributed by atoms with Crippen LogP contribution in [0, 0.1) is 17.2 Å². The first-order valence-electron chi connectivity index (χ1n) is 8.67. The molecule has 0 bridgehead atoms. The van der Waals surface area contributed by atoms with Crippen LogP contribution in [0.3, 0.4) is 0 Å². The molecule has 0 aliphatic heterocycles. The molecule has 0 radical (unpaired) electrons. The number of nitriles is 1. The van der Waals surface area contributed by atoms with Crippen molar-refractivity contribution in [2.45, 2.75) is 51.4 Å². The molecule has 6 nitrogen and oxygen atoms in total. The molecule has 0 fully saturated rings. The molecule has 138 valence electrons. The Kier molecular flexibility index (Phi) is 6.43. The van der Waals surface area contributed by atoms with E-state index in [1.807, 2.05) is 32.9 Å². The fourth-order valence-corrected chi connectivity index (χ4v) is 3.26. The van der Waals surface area contributed by atoms with E-state index in [4.69, 9.17) is 0 Å². The molecule has 1 heterocycles. The van der Waals surface area contributed by atoms with Gasteiger partial charge in [-0.25, -0.2) is 4.98 Å². The standard InChI is InChI=1S/C19H24N4O2S/c1-5-10-23-17(25)14-8-6-7-9-15(14)21-18(23)26-11-16(24)22-19(4,12-20)13(2)3/h6-9,13H,5,10-11H2,1-4H3,(H,22,24). The fraction of sp³-hybridized carbons (Fsp3) is 0.474. The molecule has 2 rings (SSSR count). The maximum Gasteiger partial charge on any atom is 0.262 e. The Morgan fingerprint density at radius 3 is 2.73 bits per heavy atom. The Morgan fingerprint density at radius 2 is 2.12 bits per heavy atom. The minimum absolute atomic E-state index is 0.0153. The predicted molar refractivity (Wildman–Crippen MR) is 104 cm³/mol. The minimum atomic E-state index is -0.919. The quantitative estimate of drug-likeness (QED) is 0.596. The zero-order chi connectivity index (χ0) is 19.3. The van der Waals surface area contributed by atoms with Crippen molar-refractivity contribution in [2.24, 2.45) is 5.92 Å². The average molecular weight is 372 g/mol. The molecule has 0 aliphatic carbocycles. The molecule has 26 heavy (non-hydrogen) atoms. The third-order valence-corrected chi connectivity index (χ3v) is 5.37. The monoisotopic (exact) mass is 372 g/mol. The van der Waals surface area contributed by atoms with Gasteiger partial charge in [0.25, 0.3) is 5.56 Å². The highest BCUT2D eigenvalue weighted by molar-refractivity contribution is 7.99. The molecule has 1 unspecified atom stereocenters. The summed E-state index contributed by atoms with van der Waals surface area (Å²) in [4.78, 5) is 29.6. The van der Waals surface area contributed by atoms with Gasteiger partial charge >= 0.3 is 0 Å². The molecule has 0 aliphatic rings. The van der Waals surface area contributed by atoms with E-state index in [1.54, 1.807) is 23.6 Å². The van der Waals surface area contributed by atoms with E-state index in [0.29, 0.717) is 22.6 Å². The SMILES string of the molecule is CCCn1c(SCC(=O)NC(C)(C#N)C(C)C)nc2ccccc2c1=O. The van der Waals surface area contributed by atoms with E-state index >= 15 is 0 Å². The molecule has 0 spiro atoms. The average Bonchev–Trinajstić information content (AvgIpc) is 2.62. The Morgan fingerprint density at radius 1 is 1.42 bits per heavy atom. The van der Waals surface area contributed by atoms with Crippen LogP contribution in [0.1, 0.15) is 34.1 Å². The van der Waals surface area contributed by atoms with E-state index in [1.165, 1.54) is 11.8 Å². The van der Waals surface area contributed by atoms with Crippen molar-refractivity contribution in [3.63, 3.8) is 0 Å². The number of nitrogens with one attached hydrogen (secondary N) is 1.